The molecule has 0 aliphatic heterocycles. The average molecular weight is 968 g/mol. The Hall–Kier alpha value is -2.84. The molecule has 0 spiro atoms. The Morgan fingerprint density at radius 1 is 0.515 bits per heavy atom. The Balaban J connectivity index is 4.44. The van der Waals surface area contributed by atoms with Crippen LogP contribution in [0, 0.1) is 0 Å². The number of amides is 1. The maximum Gasteiger partial charge on any atom is 0.472 e. The van der Waals surface area contributed by atoms with E-state index in [0.29, 0.717) is 17.4 Å². The van der Waals surface area contributed by atoms with Crippen LogP contribution in [-0.4, -0.2) is 73.4 Å². The number of quaternary nitrogens is 1. The van der Waals surface area contributed by atoms with Crippen molar-refractivity contribution < 1.29 is 32.9 Å². The first-order chi connectivity index (χ1) is 33.0. The molecule has 0 aromatic carbocycles. The number of phosphoric ester groups is 1. The number of nitrogens with one attached hydrogen (secondary N) is 1. The van der Waals surface area contributed by atoms with Gasteiger partial charge in [-0.3, -0.25) is 13.8 Å². The number of carbonyl (C=O) groups is 1. The molecule has 9 heteroatoms. The van der Waals surface area contributed by atoms with Gasteiger partial charge in [-0.15, -0.1) is 0 Å². The lowest BCUT2D eigenvalue weighted by atomic mass is 10.0. The number of rotatable bonds is 48. The summed E-state index contributed by atoms with van der Waals surface area (Å²) in [6.07, 6.45) is 72.1. The summed E-state index contributed by atoms with van der Waals surface area (Å²) in [4.78, 5) is 23.2. The number of carbonyl (C=O) groups excluding carboxylic acids is 1. The quantitative estimate of drug-likeness (QED) is 0.0243. The van der Waals surface area contributed by atoms with Crippen molar-refractivity contribution in [1.82, 2.24) is 5.32 Å². The lowest BCUT2D eigenvalue weighted by molar-refractivity contribution is -0.870. The molecule has 0 aromatic rings. The molecular formula is C59H104N2O6P+. The second-order valence-corrected chi connectivity index (χ2v) is 20.7. The minimum absolute atomic E-state index is 0.0339. The van der Waals surface area contributed by atoms with Crippen LogP contribution >= 0.6 is 7.82 Å². The first-order valence-corrected chi connectivity index (χ1v) is 28.8. The van der Waals surface area contributed by atoms with Crippen LogP contribution in [0.1, 0.15) is 206 Å². The molecule has 0 bridgehead atoms. The zero-order chi connectivity index (χ0) is 49.9. The van der Waals surface area contributed by atoms with Crippen molar-refractivity contribution in [2.75, 3.05) is 40.9 Å². The van der Waals surface area contributed by atoms with Gasteiger partial charge < -0.3 is 19.8 Å². The number of phosphoric acid groups is 1. The molecular weight excluding hydrogens is 864 g/mol. The van der Waals surface area contributed by atoms with Crippen molar-refractivity contribution >= 4 is 13.7 Å². The van der Waals surface area contributed by atoms with Crippen molar-refractivity contribution in [2.45, 2.75) is 219 Å². The van der Waals surface area contributed by atoms with Gasteiger partial charge >= 0.3 is 7.82 Å². The maximum atomic E-state index is 12.9. The van der Waals surface area contributed by atoms with Crippen LogP contribution in [0.2, 0.25) is 0 Å². The summed E-state index contributed by atoms with van der Waals surface area (Å²) in [6.45, 7) is 4.61. The van der Waals surface area contributed by atoms with Gasteiger partial charge in [-0.25, -0.2) is 4.57 Å². The summed E-state index contributed by atoms with van der Waals surface area (Å²) < 4.78 is 23.6. The van der Waals surface area contributed by atoms with Gasteiger partial charge in [0.1, 0.15) is 13.2 Å². The Morgan fingerprint density at radius 2 is 0.897 bits per heavy atom. The molecule has 3 atom stereocenters. The molecule has 0 aliphatic carbocycles. The van der Waals surface area contributed by atoms with E-state index in [4.69, 9.17) is 9.05 Å². The number of aliphatic hydroxyl groups excluding tert-OH is 1. The van der Waals surface area contributed by atoms with Gasteiger partial charge in [-0.05, 0) is 83.5 Å². The van der Waals surface area contributed by atoms with Crippen molar-refractivity contribution in [3.63, 3.8) is 0 Å². The zero-order valence-electron chi connectivity index (χ0n) is 44.3. The van der Waals surface area contributed by atoms with Crippen LogP contribution in [-0.2, 0) is 18.4 Å². The molecule has 0 fully saturated rings. The third-order valence-corrected chi connectivity index (χ3v) is 12.5. The smallest absolute Gasteiger partial charge is 0.387 e. The molecule has 0 aliphatic rings. The lowest BCUT2D eigenvalue weighted by Crippen LogP contribution is -2.45. The van der Waals surface area contributed by atoms with E-state index in [1.807, 2.05) is 39.4 Å². The van der Waals surface area contributed by atoms with E-state index in [2.05, 4.69) is 104 Å². The van der Waals surface area contributed by atoms with E-state index in [1.54, 1.807) is 6.08 Å². The molecule has 0 rings (SSSR count). The Labute approximate surface area is 419 Å². The molecule has 0 heterocycles. The van der Waals surface area contributed by atoms with Crippen molar-refractivity contribution in [3.8, 4) is 0 Å². The molecule has 0 saturated heterocycles. The normalized spacial score (nSPS) is 14.9. The van der Waals surface area contributed by atoms with Gasteiger partial charge in [-0.1, -0.05) is 226 Å². The Kier molecular flexibility index (Phi) is 47.1. The molecule has 68 heavy (non-hydrogen) atoms. The first-order valence-electron chi connectivity index (χ1n) is 27.3. The molecule has 3 N–H and O–H groups in total. The Bertz CT molecular complexity index is 1470. The number of aliphatic hydroxyl groups is 1. The van der Waals surface area contributed by atoms with Crippen molar-refractivity contribution in [2.24, 2.45) is 0 Å². The van der Waals surface area contributed by atoms with Crippen LogP contribution in [0.5, 0.6) is 0 Å². The minimum atomic E-state index is -4.39. The molecule has 3 unspecified atom stereocenters. The van der Waals surface area contributed by atoms with Gasteiger partial charge in [0.25, 0.3) is 0 Å². The van der Waals surface area contributed by atoms with E-state index >= 15 is 0 Å². The van der Waals surface area contributed by atoms with E-state index < -0.39 is 20.0 Å². The number of hydrogen-bond donors (Lipinski definition) is 3. The van der Waals surface area contributed by atoms with Crippen molar-refractivity contribution in [1.29, 1.82) is 0 Å². The number of nitrogens with zero attached hydrogens (tertiary/aromatic N) is 1. The van der Waals surface area contributed by atoms with E-state index in [0.717, 1.165) is 64.2 Å². The topological polar surface area (TPSA) is 105 Å². The van der Waals surface area contributed by atoms with Gasteiger partial charge in [-0.2, -0.15) is 0 Å². The molecule has 390 valence electrons. The van der Waals surface area contributed by atoms with Crippen molar-refractivity contribution in [3.05, 3.63) is 109 Å². The van der Waals surface area contributed by atoms with Gasteiger partial charge in [0.15, 0.2) is 0 Å². The number of likely N-dealkylation sites (N-methyl/N-ethyl adjacent to an activating group) is 1. The van der Waals surface area contributed by atoms with E-state index in [1.165, 1.54) is 116 Å². The highest BCUT2D eigenvalue weighted by Crippen LogP contribution is 2.43. The summed E-state index contributed by atoms with van der Waals surface area (Å²) in [5.41, 5.74) is 0. The highest BCUT2D eigenvalue weighted by atomic mass is 31.2. The minimum Gasteiger partial charge on any atom is -0.387 e. The average Bonchev–Trinajstić information content (AvgIpc) is 3.30. The van der Waals surface area contributed by atoms with Crippen LogP contribution in [0.4, 0.5) is 0 Å². The fraction of sp³-hybridized carbons (Fsp3) is 0.678. The number of unbranched alkanes of at least 4 members (excludes halogenated alkanes) is 19. The van der Waals surface area contributed by atoms with Crippen LogP contribution < -0.4 is 5.32 Å². The number of allylic oxidation sites excluding steroid dienone is 17. The monoisotopic (exact) mass is 968 g/mol. The summed E-state index contributed by atoms with van der Waals surface area (Å²) >= 11 is 0. The van der Waals surface area contributed by atoms with Gasteiger partial charge in [0.2, 0.25) is 5.91 Å². The molecule has 8 nitrogen and oxygen atoms in total. The summed E-state index contributed by atoms with van der Waals surface area (Å²) in [7, 11) is 1.48. The fourth-order valence-electron chi connectivity index (χ4n) is 7.21. The molecule has 0 radical (unpaired) electrons. The second kappa shape index (κ2) is 49.2. The zero-order valence-corrected chi connectivity index (χ0v) is 45.2. The van der Waals surface area contributed by atoms with Crippen LogP contribution in [0.3, 0.4) is 0 Å². The molecule has 0 saturated carbocycles. The second-order valence-electron chi connectivity index (χ2n) is 19.2. The van der Waals surface area contributed by atoms with Gasteiger partial charge in [0.05, 0.1) is 39.9 Å². The van der Waals surface area contributed by atoms with Crippen LogP contribution in [0.15, 0.2) is 109 Å². The van der Waals surface area contributed by atoms with E-state index in [9.17, 15) is 19.4 Å². The molecule has 0 aromatic heterocycles. The highest BCUT2D eigenvalue weighted by molar-refractivity contribution is 7.47. The first kappa shape index (κ1) is 65.2. The summed E-state index contributed by atoms with van der Waals surface area (Å²) in [5.74, 6) is -0.276. The summed E-state index contributed by atoms with van der Waals surface area (Å²) in [6, 6.07) is -0.919. The van der Waals surface area contributed by atoms with Gasteiger partial charge in [0, 0.05) is 6.42 Å². The largest absolute Gasteiger partial charge is 0.472 e. The summed E-state index contributed by atoms with van der Waals surface area (Å²) in [5, 5.41) is 13.8. The lowest BCUT2D eigenvalue weighted by Gasteiger charge is -2.25. The third kappa shape index (κ3) is 51.0. The predicted molar refractivity (Wildman–Crippen MR) is 295 cm³/mol. The maximum absolute atomic E-state index is 12.9. The SMILES string of the molecule is CC/C=C\C/C=C\C/C=C\C/C=C\C/C=C\C/C=C\CCC(=O)NC(COP(=O)(O)OCC[N+](C)(C)C)C(O)/C=C/CC/C=C/CC/C=C/CCCCCCCCCCCCCCCCCCC. The fourth-order valence-corrected chi connectivity index (χ4v) is 7.95. The highest BCUT2D eigenvalue weighted by Gasteiger charge is 2.27. The van der Waals surface area contributed by atoms with E-state index in [-0.39, 0.29) is 25.5 Å². The Morgan fingerprint density at radius 3 is 1.34 bits per heavy atom. The van der Waals surface area contributed by atoms with Crippen LogP contribution in [0.25, 0.3) is 0 Å². The standard InChI is InChI=1S/C59H103N2O6P/c1-6-8-10-12-14-16-18-20-22-24-26-27-28-29-30-31-32-33-35-36-38-40-42-44-46-48-50-52-58(62)57(56-67-68(64,65)66-55-54-61(3,4)5)60-59(63)53-51-49-47-45-43-41-39-37-34-25-23-21-19-17-15-13-11-9-7-2/h9,11,15,17,21,23,34-37,41-44,47,49-50,52,57-58,62H,6-8,10,12-14,16,18-20,22,24-33,38-40,45-46,48,51,53-56H2,1-5H3,(H-,60,63,64,65)/p+1/b11-9-,17-15-,23-21-,36-35+,37-34-,43-41-,44-42+,49-47-,52-50+. The molecule has 1 amide bonds. The third-order valence-electron chi connectivity index (χ3n) is 11.5. The number of hydrogen-bond acceptors (Lipinski definition) is 5. The predicted octanol–water partition coefficient (Wildman–Crippen LogP) is 16.4.